The predicted molar refractivity (Wildman–Crippen MR) is 116 cm³/mol. The van der Waals surface area contributed by atoms with Gasteiger partial charge < -0.3 is 14.8 Å². The second-order valence-electron chi connectivity index (χ2n) is 8.30. The molecule has 0 unspecified atom stereocenters. The van der Waals surface area contributed by atoms with Crippen LogP contribution in [-0.4, -0.2) is 52.6 Å². The van der Waals surface area contributed by atoms with Gasteiger partial charge in [0, 0.05) is 12.1 Å². The van der Waals surface area contributed by atoms with Crippen LogP contribution >= 0.6 is 0 Å². The van der Waals surface area contributed by atoms with Crippen molar-refractivity contribution in [1.29, 1.82) is 5.26 Å². The van der Waals surface area contributed by atoms with Crippen LogP contribution in [0.5, 0.6) is 5.75 Å². The molecule has 1 aliphatic heterocycles. The van der Waals surface area contributed by atoms with Crippen LogP contribution in [0.25, 0.3) is 0 Å². The molecule has 1 aromatic rings. The summed E-state index contributed by atoms with van der Waals surface area (Å²) >= 11 is 0. The van der Waals surface area contributed by atoms with Crippen molar-refractivity contribution in [3.63, 3.8) is 0 Å². The van der Waals surface area contributed by atoms with Crippen molar-refractivity contribution in [2.45, 2.75) is 69.6 Å². The van der Waals surface area contributed by atoms with Crippen LogP contribution in [0, 0.1) is 11.3 Å². The number of rotatable bonds is 8. The van der Waals surface area contributed by atoms with Crippen molar-refractivity contribution in [1.82, 2.24) is 10.0 Å². The van der Waals surface area contributed by atoms with Crippen molar-refractivity contribution in [2.24, 2.45) is 0 Å². The molecule has 7 nitrogen and oxygen atoms in total. The molecule has 2 atom stereocenters. The summed E-state index contributed by atoms with van der Waals surface area (Å²) in [5.41, 5.74) is 1.80. The molecule has 30 heavy (non-hydrogen) atoms. The van der Waals surface area contributed by atoms with E-state index in [1.54, 1.807) is 0 Å². The molecule has 166 valence electrons. The third-order valence-electron chi connectivity index (χ3n) is 6.02. The molecular formula is C22H33N3O4S. The average molecular weight is 436 g/mol. The van der Waals surface area contributed by atoms with Crippen molar-refractivity contribution in [3.8, 4) is 11.8 Å². The smallest absolute Gasteiger partial charge is 0.209 e. The molecule has 0 bridgehead atoms. The largest absolute Gasteiger partial charge is 0.494 e. The Kier molecular flexibility index (Phi) is 8.12. The Bertz CT molecular complexity index is 844. The monoisotopic (exact) mass is 435 g/mol. The van der Waals surface area contributed by atoms with Gasteiger partial charge in [0.2, 0.25) is 10.0 Å². The van der Waals surface area contributed by atoms with E-state index in [0.717, 1.165) is 50.8 Å². The summed E-state index contributed by atoms with van der Waals surface area (Å²) in [4.78, 5) is 0. The maximum absolute atomic E-state index is 11.6. The molecule has 1 aromatic carbocycles. The lowest BCUT2D eigenvalue weighted by Gasteiger charge is -2.35. The van der Waals surface area contributed by atoms with Gasteiger partial charge in [-0.25, -0.2) is 13.1 Å². The second kappa shape index (κ2) is 10.6. The van der Waals surface area contributed by atoms with E-state index in [0.29, 0.717) is 24.7 Å². The van der Waals surface area contributed by atoms with Gasteiger partial charge in [0.25, 0.3) is 0 Å². The first-order chi connectivity index (χ1) is 14.4. The lowest BCUT2D eigenvalue weighted by Crippen LogP contribution is -2.55. The molecule has 2 fully saturated rings. The van der Waals surface area contributed by atoms with Crippen LogP contribution in [0.1, 0.15) is 62.5 Å². The van der Waals surface area contributed by atoms with Crippen LogP contribution in [-0.2, 0) is 14.8 Å². The van der Waals surface area contributed by atoms with Gasteiger partial charge in [-0.1, -0.05) is 6.07 Å². The van der Waals surface area contributed by atoms with Gasteiger partial charge in [0.05, 0.1) is 37.2 Å². The van der Waals surface area contributed by atoms with E-state index in [2.05, 4.69) is 16.1 Å². The first-order valence-corrected chi connectivity index (χ1v) is 12.8. The second-order valence-corrected chi connectivity index (χ2v) is 10.1. The number of hydrogen-bond donors (Lipinski definition) is 2. The topological polar surface area (TPSA) is 100 Å². The highest BCUT2D eigenvalue weighted by Gasteiger charge is 2.30. The molecule has 2 aliphatic rings. The van der Waals surface area contributed by atoms with Gasteiger partial charge in [-0.2, -0.15) is 5.26 Å². The summed E-state index contributed by atoms with van der Waals surface area (Å²) < 4.78 is 38.0. The fourth-order valence-electron chi connectivity index (χ4n) is 4.55. The minimum Gasteiger partial charge on any atom is -0.494 e. The third kappa shape index (κ3) is 6.42. The molecular weight excluding hydrogens is 402 g/mol. The van der Waals surface area contributed by atoms with Gasteiger partial charge in [0.1, 0.15) is 5.75 Å². The lowest BCUT2D eigenvalue weighted by atomic mass is 9.82. The van der Waals surface area contributed by atoms with E-state index in [1.165, 1.54) is 11.8 Å². The highest BCUT2D eigenvalue weighted by molar-refractivity contribution is 7.88. The summed E-state index contributed by atoms with van der Waals surface area (Å²) in [7, 11) is -3.23. The Balaban J connectivity index is 1.53. The van der Waals surface area contributed by atoms with E-state index in [1.807, 2.05) is 25.1 Å². The quantitative estimate of drug-likeness (QED) is 0.651. The van der Waals surface area contributed by atoms with E-state index in [-0.39, 0.29) is 18.2 Å². The Morgan fingerprint density at radius 1 is 1.23 bits per heavy atom. The number of nitriles is 1. The van der Waals surface area contributed by atoms with Crippen molar-refractivity contribution in [2.75, 3.05) is 26.0 Å². The molecule has 1 heterocycles. The van der Waals surface area contributed by atoms with E-state index < -0.39 is 10.0 Å². The number of hydrogen-bond acceptors (Lipinski definition) is 6. The molecule has 0 spiro atoms. The maximum Gasteiger partial charge on any atom is 0.209 e. The first kappa shape index (κ1) is 23.0. The standard InChI is InChI=1S/C22H33N3O4S/c1-3-28-22-13-16(14-23)6-11-19(22)17-7-9-18(10-8-17)29-15-21-20(5-4-12-24-21)25-30(2,26)27/h6,11,13,17-18,20-21,24-25H,3-5,7-10,12,15H2,1-2H3/t17-,18+,20-,21-/m0/s1. The lowest BCUT2D eigenvalue weighted by molar-refractivity contribution is 0.00511. The minimum absolute atomic E-state index is 0.00859. The molecule has 2 N–H and O–H groups in total. The summed E-state index contributed by atoms with van der Waals surface area (Å²) in [6.45, 7) is 3.95. The summed E-state index contributed by atoms with van der Waals surface area (Å²) in [6, 6.07) is 7.81. The Morgan fingerprint density at radius 3 is 2.67 bits per heavy atom. The van der Waals surface area contributed by atoms with E-state index in [4.69, 9.17) is 14.7 Å². The van der Waals surface area contributed by atoms with E-state index in [9.17, 15) is 8.42 Å². The number of sulfonamides is 1. The van der Waals surface area contributed by atoms with E-state index >= 15 is 0 Å². The SMILES string of the molecule is CCOc1cc(C#N)ccc1[C@H]1CC[C@@H](OC[C@@H]2NCCC[C@@H]2NS(C)(=O)=O)CC1. The summed E-state index contributed by atoms with van der Waals surface area (Å²) in [5, 5.41) is 12.6. The predicted octanol–water partition coefficient (Wildman–Crippen LogP) is 2.67. The average Bonchev–Trinajstić information content (AvgIpc) is 2.73. The Morgan fingerprint density at radius 2 is 2.00 bits per heavy atom. The molecule has 3 rings (SSSR count). The number of nitrogens with one attached hydrogen (secondary N) is 2. The van der Waals surface area contributed by atoms with Crippen molar-refractivity contribution in [3.05, 3.63) is 29.3 Å². The normalized spacial score (nSPS) is 27.4. The summed E-state index contributed by atoms with van der Waals surface area (Å²) in [6.07, 6.45) is 7.15. The van der Waals surface area contributed by atoms with Crippen LogP contribution in [0.2, 0.25) is 0 Å². The zero-order chi connectivity index (χ0) is 21.6. The van der Waals surface area contributed by atoms with Crippen LogP contribution in [0.15, 0.2) is 18.2 Å². The molecule has 1 saturated heterocycles. The Labute approximate surface area is 180 Å². The van der Waals surface area contributed by atoms with Gasteiger partial charge >= 0.3 is 0 Å². The third-order valence-corrected chi connectivity index (χ3v) is 6.75. The first-order valence-electron chi connectivity index (χ1n) is 10.9. The van der Waals surface area contributed by atoms with Crippen molar-refractivity contribution >= 4 is 10.0 Å². The fraction of sp³-hybridized carbons (Fsp3) is 0.682. The van der Waals surface area contributed by atoms with Crippen molar-refractivity contribution < 1.29 is 17.9 Å². The Hall–Kier alpha value is -1.66. The maximum atomic E-state index is 11.6. The van der Waals surface area contributed by atoms with Gasteiger partial charge in [0.15, 0.2) is 0 Å². The molecule has 1 saturated carbocycles. The molecule has 0 aromatic heterocycles. The van der Waals surface area contributed by atoms with Crippen LogP contribution < -0.4 is 14.8 Å². The zero-order valence-electron chi connectivity index (χ0n) is 17.9. The molecule has 1 aliphatic carbocycles. The van der Waals surface area contributed by atoms with Gasteiger partial charge in [-0.05, 0) is 75.6 Å². The number of nitrogens with zero attached hydrogens (tertiary/aromatic N) is 1. The minimum atomic E-state index is -3.23. The number of piperidine rings is 1. The molecule has 8 heteroatoms. The van der Waals surface area contributed by atoms with Gasteiger partial charge in [-0.15, -0.1) is 0 Å². The zero-order valence-corrected chi connectivity index (χ0v) is 18.7. The van der Waals surface area contributed by atoms with Crippen LogP contribution in [0.3, 0.4) is 0 Å². The highest BCUT2D eigenvalue weighted by atomic mass is 32.2. The number of benzene rings is 1. The molecule has 0 amide bonds. The highest BCUT2D eigenvalue weighted by Crippen LogP contribution is 2.39. The van der Waals surface area contributed by atoms with Gasteiger partial charge in [-0.3, -0.25) is 0 Å². The number of ether oxygens (including phenoxy) is 2. The fourth-order valence-corrected chi connectivity index (χ4v) is 5.38. The van der Waals surface area contributed by atoms with Crippen LogP contribution in [0.4, 0.5) is 0 Å². The molecule has 0 radical (unpaired) electrons. The summed E-state index contributed by atoms with van der Waals surface area (Å²) in [5.74, 6) is 1.23.